The molecule has 6 heteroatoms. The Labute approximate surface area is 136 Å². The molecule has 1 N–H and O–H groups in total. The molecule has 1 fully saturated rings. The molecule has 22 heavy (non-hydrogen) atoms. The maximum Gasteiger partial charge on any atom is 0.273 e. The fraction of sp³-hybridized carbons (Fsp3) is 0.688. The summed E-state index contributed by atoms with van der Waals surface area (Å²) >= 11 is 1.31. The molecule has 1 aliphatic rings. The van der Waals surface area contributed by atoms with E-state index in [1.54, 1.807) is 5.38 Å². The Morgan fingerprint density at radius 3 is 2.77 bits per heavy atom. The maximum atomic E-state index is 12.5. The van der Waals surface area contributed by atoms with E-state index >= 15 is 0 Å². The zero-order valence-corrected chi connectivity index (χ0v) is 14.4. The highest BCUT2D eigenvalue weighted by molar-refractivity contribution is 7.14. The molecule has 0 radical (unpaired) electrons. The molecule has 0 atom stereocenters. The normalized spacial score (nSPS) is 14.2. The number of aromatic nitrogens is 1. The van der Waals surface area contributed by atoms with E-state index in [9.17, 15) is 9.59 Å². The molecule has 0 aromatic carbocycles. The third kappa shape index (κ3) is 5.09. The van der Waals surface area contributed by atoms with Crippen LogP contribution in [0.15, 0.2) is 5.38 Å². The second-order valence-corrected chi connectivity index (χ2v) is 7.24. The van der Waals surface area contributed by atoms with Crippen LogP contribution in [0, 0.1) is 11.8 Å². The molecule has 0 spiro atoms. The minimum atomic E-state index is -0.0493. The Bertz CT molecular complexity index is 523. The van der Waals surface area contributed by atoms with Gasteiger partial charge in [-0.1, -0.05) is 20.8 Å². The average Bonchev–Trinajstić information content (AvgIpc) is 3.14. The third-order valence-corrected chi connectivity index (χ3v) is 4.28. The van der Waals surface area contributed by atoms with Crippen LogP contribution in [0.25, 0.3) is 0 Å². The van der Waals surface area contributed by atoms with Crippen LogP contribution in [0.4, 0.5) is 5.13 Å². The smallest absolute Gasteiger partial charge is 0.273 e. The second-order valence-electron chi connectivity index (χ2n) is 6.38. The summed E-state index contributed by atoms with van der Waals surface area (Å²) in [6.07, 6.45) is 3.86. The Kier molecular flexibility index (Phi) is 5.94. The zero-order valence-electron chi connectivity index (χ0n) is 13.6. The largest absolute Gasteiger partial charge is 0.337 e. The third-order valence-electron chi connectivity index (χ3n) is 3.52. The zero-order chi connectivity index (χ0) is 16.1. The molecular weight excluding hydrogens is 298 g/mol. The van der Waals surface area contributed by atoms with Gasteiger partial charge in [-0.25, -0.2) is 4.98 Å². The monoisotopic (exact) mass is 323 g/mol. The molecule has 1 aromatic rings. The summed E-state index contributed by atoms with van der Waals surface area (Å²) in [5, 5.41) is 5.02. The lowest BCUT2D eigenvalue weighted by Crippen LogP contribution is -2.33. The number of rotatable bonds is 8. The molecule has 2 amide bonds. The molecule has 0 aliphatic heterocycles. The highest BCUT2D eigenvalue weighted by Crippen LogP contribution is 2.30. The van der Waals surface area contributed by atoms with Crippen molar-refractivity contribution >= 4 is 28.3 Å². The number of amides is 2. The molecule has 2 rings (SSSR count). The molecule has 1 aliphatic carbocycles. The number of anilines is 1. The standard InChI is InChI=1S/C16H25N3O2S/c1-4-7-19(9-12-5-6-12)15(21)13-10-22-16(17-13)18-14(20)8-11(2)3/h10-12H,4-9H2,1-3H3,(H,17,18,20). The van der Waals surface area contributed by atoms with E-state index in [1.165, 1.54) is 24.2 Å². The number of carbonyl (C=O) groups excluding carboxylic acids is 2. The summed E-state index contributed by atoms with van der Waals surface area (Å²) in [7, 11) is 0. The Balaban J connectivity index is 1.96. The summed E-state index contributed by atoms with van der Waals surface area (Å²) in [6, 6.07) is 0. The van der Waals surface area contributed by atoms with Gasteiger partial charge >= 0.3 is 0 Å². The van der Waals surface area contributed by atoms with Gasteiger partial charge in [0, 0.05) is 24.9 Å². The maximum absolute atomic E-state index is 12.5. The molecule has 1 aromatic heterocycles. The van der Waals surface area contributed by atoms with Gasteiger partial charge in [-0.05, 0) is 31.1 Å². The van der Waals surface area contributed by atoms with Crippen molar-refractivity contribution in [1.82, 2.24) is 9.88 Å². The molecule has 0 saturated heterocycles. The first-order valence-electron chi connectivity index (χ1n) is 8.04. The van der Waals surface area contributed by atoms with Gasteiger partial charge in [0.25, 0.3) is 5.91 Å². The summed E-state index contributed by atoms with van der Waals surface area (Å²) in [5.74, 6) is 0.903. The highest BCUT2D eigenvalue weighted by atomic mass is 32.1. The lowest BCUT2D eigenvalue weighted by atomic mass is 10.1. The van der Waals surface area contributed by atoms with E-state index in [4.69, 9.17) is 0 Å². The summed E-state index contributed by atoms with van der Waals surface area (Å²) in [4.78, 5) is 30.5. The van der Waals surface area contributed by atoms with Crippen molar-refractivity contribution < 1.29 is 9.59 Å². The minimum absolute atomic E-state index is 0.0191. The van der Waals surface area contributed by atoms with E-state index in [0.29, 0.717) is 29.1 Å². The van der Waals surface area contributed by atoms with Gasteiger partial charge in [0.1, 0.15) is 5.69 Å². The van der Waals surface area contributed by atoms with Crippen LogP contribution in [0.5, 0.6) is 0 Å². The van der Waals surface area contributed by atoms with Crippen molar-refractivity contribution in [1.29, 1.82) is 0 Å². The van der Waals surface area contributed by atoms with Gasteiger partial charge in [-0.15, -0.1) is 11.3 Å². The topological polar surface area (TPSA) is 62.3 Å². The van der Waals surface area contributed by atoms with Crippen molar-refractivity contribution in [2.75, 3.05) is 18.4 Å². The fourth-order valence-corrected chi connectivity index (χ4v) is 2.99. The lowest BCUT2D eigenvalue weighted by Gasteiger charge is -2.20. The SMILES string of the molecule is CCCN(CC1CC1)C(=O)c1csc(NC(=O)CC(C)C)n1. The van der Waals surface area contributed by atoms with Crippen LogP contribution < -0.4 is 5.32 Å². The number of nitrogens with zero attached hydrogens (tertiary/aromatic N) is 2. The van der Waals surface area contributed by atoms with Crippen molar-refractivity contribution in [3.8, 4) is 0 Å². The van der Waals surface area contributed by atoms with E-state index in [1.807, 2.05) is 18.7 Å². The molecular formula is C16H25N3O2S. The van der Waals surface area contributed by atoms with E-state index < -0.39 is 0 Å². The van der Waals surface area contributed by atoms with Gasteiger partial charge < -0.3 is 10.2 Å². The fourth-order valence-electron chi connectivity index (χ4n) is 2.29. The Morgan fingerprint density at radius 2 is 2.18 bits per heavy atom. The van der Waals surface area contributed by atoms with E-state index in [2.05, 4.69) is 17.2 Å². The molecule has 122 valence electrons. The lowest BCUT2D eigenvalue weighted by molar-refractivity contribution is -0.116. The first-order valence-corrected chi connectivity index (χ1v) is 8.92. The number of nitrogens with one attached hydrogen (secondary N) is 1. The van der Waals surface area contributed by atoms with Crippen LogP contribution >= 0.6 is 11.3 Å². The van der Waals surface area contributed by atoms with Crippen LogP contribution in [0.1, 0.15) is 56.9 Å². The Hall–Kier alpha value is -1.43. The second kappa shape index (κ2) is 7.72. The van der Waals surface area contributed by atoms with Gasteiger partial charge in [-0.3, -0.25) is 9.59 Å². The van der Waals surface area contributed by atoms with Crippen LogP contribution in [0.3, 0.4) is 0 Å². The van der Waals surface area contributed by atoms with Crippen LogP contribution in [-0.2, 0) is 4.79 Å². The highest BCUT2D eigenvalue weighted by Gasteiger charge is 2.27. The number of hydrogen-bond acceptors (Lipinski definition) is 4. The van der Waals surface area contributed by atoms with Crippen molar-refractivity contribution in [3.63, 3.8) is 0 Å². The first-order chi connectivity index (χ1) is 10.5. The van der Waals surface area contributed by atoms with Gasteiger partial charge in [-0.2, -0.15) is 0 Å². The average molecular weight is 323 g/mol. The van der Waals surface area contributed by atoms with Crippen molar-refractivity contribution in [2.24, 2.45) is 11.8 Å². The number of thiazole rings is 1. The summed E-state index contributed by atoms with van der Waals surface area (Å²) in [5.41, 5.74) is 0.443. The molecule has 1 saturated carbocycles. The predicted molar refractivity (Wildman–Crippen MR) is 89.1 cm³/mol. The van der Waals surface area contributed by atoms with Crippen LogP contribution in [-0.4, -0.2) is 34.8 Å². The number of hydrogen-bond donors (Lipinski definition) is 1. The number of carbonyl (C=O) groups is 2. The van der Waals surface area contributed by atoms with Crippen molar-refractivity contribution in [3.05, 3.63) is 11.1 Å². The molecule has 0 bridgehead atoms. The van der Waals surface area contributed by atoms with E-state index in [-0.39, 0.29) is 11.8 Å². The first kappa shape index (κ1) is 16.9. The Morgan fingerprint density at radius 1 is 1.45 bits per heavy atom. The predicted octanol–water partition coefficient (Wildman–Crippen LogP) is 3.39. The summed E-state index contributed by atoms with van der Waals surface area (Å²) in [6.45, 7) is 7.67. The molecule has 0 unspecified atom stereocenters. The minimum Gasteiger partial charge on any atom is -0.337 e. The van der Waals surface area contributed by atoms with Gasteiger partial charge in [0.2, 0.25) is 5.91 Å². The van der Waals surface area contributed by atoms with Gasteiger partial charge in [0.15, 0.2) is 5.13 Å². The van der Waals surface area contributed by atoms with Crippen molar-refractivity contribution in [2.45, 2.75) is 46.5 Å². The van der Waals surface area contributed by atoms with Gasteiger partial charge in [0.05, 0.1) is 0 Å². The van der Waals surface area contributed by atoms with E-state index in [0.717, 1.165) is 19.5 Å². The molecule has 1 heterocycles. The molecule has 5 nitrogen and oxygen atoms in total. The summed E-state index contributed by atoms with van der Waals surface area (Å²) < 4.78 is 0. The quantitative estimate of drug-likeness (QED) is 0.797. The van der Waals surface area contributed by atoms with Crippen LogP contribution in [0.2, 0.25) is 0 Å².